The summed E-state index contributed by atoms with van der Waals surface area (Å²) in [5.74, 6) is -14.2. The molecule has 8 rings (SSSR count). The van der Waals surface area contributed by atoms with Gasteiger partial charge in [-0.05, 0) is 24.8 Å². The van der Waals surface area contributed by atoms with Gasteiger partial charge in [-0.2, -0.15) is 0 Å². The van der Waals surface area contributed by atoms with E-state index in [2.05, 4.69) is 0 Å². The summed E-state index contributed by atoms with van der Waals surface area (Å²) in [5, 5.41) is 14.5. The van der Waals surface area contributed by atoms with Crippen LogP contribution in [0.2, 0.25) is 0 Å². The van der Waals surface area contributed by atoms with Gasteiger partial charge in [0.15, 0.2) is 35.1 Å². The van der Waals surface area contributed by atoms with E-state index in [-0.39, 0.29) is 17.7 Å². The van der Waals surface area contributed by atoms with E-state index in [0.717, 1.165) is 20.8 Å². The minimum atomic E-state index is -2.69. The fourth-order valence-corrected chi connectivity index (χ4v) is 14.2. The molecule has 1 N–H and O–H groups in total. The number of ether oxygens (including phenoxy) is 10. The zero-order chi connectivity index (χ0) is 48.7. The maximum Gasteiger partial charge on any atom is 0.338 e. The quantitative estimate of drug-likeness (QED) is 0.101. The highest BCUT2D eigenvalue weighted by Crippen LogP contribution is 2.90. The number of esters is 7. The highest BCUT2D eigenvalue weighted by atomic mass is 35.5. The van der Waals surface area contributed by atoms with E-state index in [1.54, 1.807) is 48.5 Å². The van der Waals surface area contributed by atoms with Crippen LogP contribution in [0.5, 0.6) is 0 Å². The number of hydrogen-bond donors (Lipinski definition) is 1. The van der Waals surface area contributed by atoms with Gasteiger partial charge in [0.25, 0.3) is 5.97 Å². The van der Waals surface area contributed by atoms with E-state index in [9.17, 15) is 33.9 Å². The number of rotatable bonds is 12. The summed E-state index contributed by atoms with van der Waals surface area (Å²) in [5.41, 5.74) is -15.6. The molecule has 3 saturated heterocycles. The number of hydrogen-bond acceptors (Lipinski definition) is 19. The van der Waals surface area contributed by atoms with Gasteiger partial charge >= 0.3 is 41.8 Å². The summed E-state index contributed by atoms with van der Waals surface area (Å²) in [6.45, 7) is 16.2. The number of methoxy groups -OCH3 is 1. The Bertz CT molecular complexity index is 2310. The largest absolute Gasteiger partial charge is 0.472 e. The number of cyclic esters (lactones) is 1. The number of alkyl halides is 1. The molecule has 4 heterocycles. The number of carbonyl (C=O) groups is 7. The van der Waals surface area contributed by atoms with Crippen molar-refractivity contribution in [2.45, 2.75) is 154 Å². The van der Waals surface area contributed by atoms with E-state index in [4.69, 9.17) is 63.4 Å². The molecular weight excluding hydrogens is 892 g/mol. The van der Waals surface area contributed by atoms with E-state index in [0.29, 0.717) is 6.42 Å². The second kappa shape index (κ2) is 15.2. The second-order valence-electron chi connectivity index (χ2n) is 19.9. The van der Waals surface area contributed by atoms with Crippen molar-refractivity contribution < 1.29 is 90.5 Å². The Kier molecular flexibility index (Phi) is 11.1. The van der Waals surface area contributed by atoms with Crippen molar-refractivity contribution >= 4 is 53.4 Å². The Morgan fingerprint density at radius 2 is 1.52 bits per heavy atom. The number of fused-ring (bicyclic) bond motifs is 3. The van der Waals surface area contributed by atoms with Gasteiger partial charge in [0.2, 0.25) is 0 Å². The standard InChI is InChI=1S/C46H57ClO19/c1-13-21(4)35(53)63-37-39(8)19-43-41(10,26(39)16-27(51)56-12)46-34(59-23(6)49)33(58-22(5)48)40(9)31(45(46,65-42(11,64-43)66-46)38(44(37,43)55)60-24(7)50)29(30(20(2)3)61-28(52)17-47)36(54)62-32(40)25-14-15-57-18-25/h14-15,18,20-21,26,31-34,37-38,55H,13,16-17,19H2,1-12H3/b30-29-/t21?,26-,31+,32-,33-,34+,37-,38+,39+,40+,41+,42?,43?,44-,45+,46-/m0/s1. The van der Waals surface area contributed by atoms with Gasteiger partial charge < -0.3 is 56.9 Å². The fourth-order valence-electron chi connectivity index (χ4n) is 14.2. The molecule has 1 aromatic heterocycles. The maximum absolute atomic E-state index is 15.4. The molecule has 1 aromatic rings. The molecule has 0 aromatic carbocycles. The van der Waals surface area contributed by atoms with E-state index in [1.165, 1.54) is 32.6 Å². The van der Waals surface area contributed by atoms with Crippen molar-refractivity contribution in [1.29, 1.82) is 0 Å². The van der Waals surface area contributed by atoms with E-state index >= 15 is 4.79 Å². The van der Waals surface area contributed by atoms with Crippen LogP contribution < -0.4 is 0 Å². The molecule has 362 valence electrons. The molecule has 19 nitrogen and oxygen atoms in total. The molecular formula is C46H57ClO19. The summed E-state index contributed by atoms with van der Waals surface area (Å²) in [7, 11) is 1.18. The molecule has 0 amide bonds. The first-order chi connectivity index (χ1) is 30.7. The smallest absolute Gasteiger partial charge is 0.338 e. The lowest BCUT2D eigenvalue weighted by molar-refractivity contribution is -0.490. The number of aliphatic hydroxyl groups is 1. The van der Waals surface area contributed by atoms with Crippen molar-refractivity contribution in [2.75, 3.05) is 13.0 Å². The lowest BCUT2D eigenvalue weighted by Crippen LogP contribution is -2.97. The van der Waals surface area contributed by atoms with Crippen LogP contribution in [0.3, 0.4) is 0 Å². The zero-order valence-corrected chi connectivity index (χ0v) is 39.7. The molecule has 4 bridgehead atoms. The number of furan rings is 1. The van der Waals surface area contributed by atoms with Crippen LogP contribution in [0.15, 0.2) is 34.3 Å². The maximum atomic E-state index is 15.4. The van der Waals surface area contributed by atoms with Crippen molar-refractivity contribution in [3.05, 3.63) is 35.5 Å². The van der Waals surface area contributed by atoms with E-state index in [1.807, 2.05) is 0 Å². The Balaban J connectivity index is 1.64. The van der Waals surface area contributed by atoms with Crippen LogP contribution in [0, 0.1) is 39.9 Å². The Morgan fingerprint density at radius 3 is 2.06 bits per heavy atom. The topological polar surface area (TPSA) is 245 Å². The fraction of sp³-hybridized carbons (Fsp3) is 0.717. The zero-order valence-electron chi connectivity index (χ0n) is 38.9. The Hall–Kier alpha value is -4.56. The molecule has 4 aliphatic carbocycles. The van der Waals surface area contributed by atoms with Crippen LogP contribution in [-0.4, -0.2) is 113 Å². The number of halogens is 1. The summed E-state index contributed by atoms with van der Waals surface area (Å²) in [6.07, 6.45) is -6.73. The Labute approximate surface area is 385 Å². The SMILES string of the molecule is CCC(C)C(=O)O[C@H]1[C@]2(C)CC34OC5(C)O[C@]6([C@@H]7/C(=C(/OC(=O)CCl)C(C)C)C(=O)O[C@@H](c8ccoc8)[C@]7(C)[C@@H](OC(C)=O)[C@@H](OC(C)=O)[C@]6(O5)[C@]3(C)[C@H]2CC(=O)OC)[C@H](OC(C)=O)[C@@]14O. The molecule has 4 saturated carbocycles. The van der Waals surface area contributed by atoms with Gasteiger partial charge in [0.1, 0.15) is 29.4 Å². The monoisotopic (exact) mass is 948 g/mol. The molecule has 66 heavy (non-hydrogen) atoms. The lowest BCUT2D eigenvalue weighted by Gasteiger charge is -2.78. The van der Waals surface area contributed by atoms with Crippen LogP contribution >= 0.6 is 11.6 Å². The minimum Gasteiger partial charge on any atom is -0.472 e. The molecule has 20 heteroatoms. The normalized spacial score (nSPS) is 44.3. The Morgan fingerprint density at radius 1 is 0.879 bits per heavy atom. The predicted molar refractivity (Wildman–Crippen MR) is 220 cm³/mol. The van der Waals surface area contributed by atoms with Gasteiger partial charge in [-0.25, -0.2) is 4.79 Å². The third kappa shape index (κ3) is 5.60. The van der Waals surface area contributed by atoms with Crippen LogP contribution in [0.25, 0.3) is 0 Å². The van der Waals surface area contributed by atoms with Crippen molar-refractivity contribution in [1.82, 2.24) is 0 Å². The summed E-state index contributed by atoms with van der Waals surface area (Å²) < 4.78 is 70.8. The van der Waals surface area contributed by atoms with Gasteiger partial charge in [-0.3, -0.25) is 28.8 Å². The van der Waals surface area contributed by atoms with Gasteiger partial charge in [0, 0.05) is 62.3 Å². The van der Waals surface area contributed by atoms with Crippen molar-refractivity contribution in [3.63, 3.8) is 0 Å². The highest BCUT2D eigenvalue weighted by Gasteiger charge is 3.07. The first kappa shape index (κ1) is 47.9. The van der Waals surface area contributed by atoms with Crippen LogP contribution in [0.4, 0.5) is 0 Å². The third-order valence-electron chi connectivity index (χ3n) is 16.1. The van der Waals surface area contributed by atoms with Crippen molar-refractivity contribution in [2.24, 2.45) is 39.9 Å². The first-order valence-electron chi connectivity index (χ1n) is 22.1. The first-order valence-corrected chi connectivity index (χ1v) is 22.6. The minimum absolute atomic E-state index is 0.203. The molecule has 16 atom stereocenters. The third-order valence-corrected chi connectivity index (χ3v) is 16.4. The number of allylic oxidation sites excluding steroid dienone is 1. The summed E-state index contributed by atoms with van der Waals surface area (Å²) in [4.78, 5) is 98.6. The van der Waals surface area contributed by atoms with E-state index < -0.39 is 158 Å². The molecule has 7 fully saturated rings. The average Bonchev–Trinajstić information content (AvgIpc) is 3.94. The lowest BCUT2D eigenvalue weighted by atomic mass is 9.32. The second-order valence-corrected chi connectivity index (χ2v) is 20.2. The molecule has 3 aliphatic heterocycles. The van der Waals surface area contributed by atoms with Crippen molar-refractivity contribution in [3.8, 4) is 0 Å². The van der Waals surface area contributed by atoms with Gasteiger partial charge in [-0.1, -0.05) is 48.5 Å². The van der Waals surface area contributed by atoms with Crippen LogP contribution in [-0.2, 0) is 80.9 Å². The molecule has 2 spiro atoms. The summed E-state index contributed by atoms with van der Waals surface area (Å²) >= 11 is 6.03. The predicted octanol–water partition coefficient (Wildman–Crippen LogP) is 4.28. The molecule has 0 radical (unpaired) electrons. The number of carbonyl (C=O) groups excluding carboxylic acids is 7. The molecule has 3 unspecified atom stereocenters. The van der Waals surface area contributed by atoms with Gasteiger partial charge in [-0.15, -0.1) is 11.6 Å². The van der Waals surface area contributed by atoms with Crippen LogP contribution in [0.1, 0.15) is 107 Å². The highest BCUT2D eigenvalue weighted by molar-refractivity contribution is 6.26. The van der Waals surface area contributed by atoms with Gasteiger partial charge in [0.05, 0.1) is 36.5 Å². The molecule has 7 aliphatic rings. The average molecular weight is 949 g/mol. The summed E-state index contributed by atoms with van der Waals surface area (Å²) in [6, 6.07) is 1.49.